The van der Waals surface area contributed by atoms with Crippen molar-refractivity contribution in [2.24, 2.45) is 0 Å². The second kappa shape index (κ2) is 15.2. The number of aromatic nitrogens is 4. The molecule has 2 aromatic heterocycles. The Morgan fingerprint density at radius 2 is 1.57 bits per heavy atom. The fourth-order valence-corrected chi connectivity index (χ4v) is 10.5. The summed E-state index contributed by atoms with van der Waals surface area (Å²) >= 11 is 0. The van der Waals surface area contributed by atoms with Crippen LogP contribution >= 0.6 is 0 Å². The largest absolute Gasteiger partial charge is 0.507 e. The third kappa shape index (κ3) is 6.78. The molecular formula is C43H51N11O4. The molecule has 15 nitrogen and oxygen atoms in total. The summed E-state index contributed by atoms with van der Waals surface area (Å²) in [5.74, 6) is 3.30. The molecule has 2 amide bonds. The maximum atomic E-state index is 12.8. The third-order valence-electron chi connectivity index (χ3n) is 13.5. The summed E-state index contributed by atoms with van der Waals surface area (Å²) < 4.78 is 6.31. The fraction of sp³-hybridized carbons (Fsp3) is 0.488. The molecule has 10 rings (SSSR count). The lowest BCUT2D eigenvalue weighted by atomic mass is 9.80. The van der Waals surface area contributed by atoms with Gasteiger partial charge in [-0.3, -0.25) is 19.8 Å². The van der Waals surface area contributed by atoms with Gasteiger partial charge in [-0.25, -0.2) is 4.98 Å². The molecule has 4 N–H and O–H groups in total. The van der Waals surface area contributed by atoms with Crippen molar-refractivity contribution in [1.29, 1.82) is 0 Å². The zero-order valence-electron chi connectivity index (χ0n) is 32.7. The summed E-state index contributed by atoms with van der Waals surface area (Å²) in [6.07, 6.45) is 9.44. The Bertz CT molecular complexity index is 2180. The molecule has 3 atom stereocenters. The summed E-state index contributed by atoms with van der Waals surface area (Å²) in [6.45, 7) is 6.61. The molecule has 1 aliphatic carbocycles. The van der Waals surface area contributed by atoms with Crippen LogP contribution in [-0.2, 0) is 9.59 Å². The summed E-state index contributed by atoms with van der Waals surface area (Å²) in [5.41, 5.74) is 10.7. The topological polar surface area (TPSA) is 169 Å². The van der Waals surface area contributed by atoms with E-state index in [0.29, 0.717) is 55.0 Å². The summed E-state index contributed by atoms with van der Waals surface area (Å²) in [6, 6.07) is 18.3. The first-order chi connectivity index (χ1) is 28.4. The van der Waals surface area contributed by atoms with Gasteiger partial charge in [0.1, 0.15) is 30.0 Å². The number of nitrogens with zero attached hydrogens (tertiary/aromatic N) is 9. The van der Waals surface area contributed by atoms with Crippen molar-refractivity contribution in [1.82, 2.24) is 30.4 Å². The average molecular weight is 786 g/mol. The number of benzene rings is 2. The van der Waals surface area contributed by atoms with Crippen molar-refractivity contribution in [3.8, 4) is 22.8 Å². The van der Waals surface area contributed by atoms with Crippen LogP contribution in [0.1, 0.15) is 62.8 Å². The van der Waals surface area contributed by atoms with Crippen LogP contribution in [0.4, 0.5) is 29.0 Å². The number of piperidine rings is 1. The molecular weight excluding hydrogens is 735 g/mol. The molecule has 0 radical (unpaired) electrons. The maximum absolute atomic E-state index is 12.8. The van der Waals surface area contributed by atoms with Gasteiger partial charge in [-0.1, -0.05) is 24.3 Å². The van der Waals surface area contributed by atoms with Crippen molar-refractivity contribution >= 4 is 40.8 Å². The number of para-hydroxylation sites is 2. The first kappa shape index (κ1) is 36.6. The minimum atomic E-state index is -0.339. The van der Waals surface area contributed by atoms with Crippen LogP contribution < -0.4 is 35.4 Å². The smallest absolute Gasteiger partial charge is 0.249 e. The molecule has 302 valence electrons. The molecule has 4 saturated heterocycles. The molecule has 6 aliphatic rings. The zero-order valence-corrected chi connectivity index (χ0v) is 32.7. The monoisotopic (exact) mass is 785 g/mol. The van der Waals surface area contributed by atoms with Crippen LogP contribution in [0.2, 0.25) is 0 Å². The molecule has 5 fully saturated rings. The summed E-state index contributed by atoms with van der Waals surface area (Å²) in [4.78, 5) is 46.5. The number of piperazine rings is 2. The van der Waals surface area contributed by atoms with Crippen molar-refractivity contribution < 1.29 is 19.4 Å². The molecule has 2 aromatic carbocycles. The molecule has 2 bridgehead atoms. The number of rotatable bonds is 7. The number of nitrogens with one attached hydrogen (secondary N) is 1. The van der Waals surface area contributed by atoms with E-state index < -0.39 is 0 Å². The van der Waals surface area contributed by atoms with Crippen LogP contribution in [0.25, 0.3) is 11.3 Å². The highest BCUT2D eigenvalue weighted by molar-refractivity contribution is 6.02. The Morgan fingerprint density at radius 3 is 2.34 bits per heavy atom. The number of carbonyl (C=O) groups excluding carboxylic acids is 2. The van der Waals surface area contributed by atoms with Crippen LogP contribution in [0, 0.1) is 0 Å². The molecule has 4 aromatic rings. The summed E-state index contributed by atoms with van der Waals surface area (Å²) in [7, 11) is 0. The highest BCUT2D eigenvalue weighted by Crippen LogP contribution is 2.45. The fourth-order valence-electron chi connectivity index (χ4n) is 10.5. The number of anilines is 5. The number of imide groups is 1. The van der Waals surface area contributed by atoms with E-state index in [2.05, 4.69) is 64.3 Å². The van der Waals surface area contributed by atoms with Crippen LogP contribution in [0.15, 0.2) is 60.8 Å². The zero-order chi connectivity index (χ0) is 39.3. The van der Waals surface area contributed by atoms with Crippen molar-refractivity contribution in [2.45, 2.75) is 81.5 Å². The van der Waals surface area contributed by atoms with Gasteiger partial charge in [-0.05, 0) is 86.8 Å². The molecule has 1 saturated carbocycles. The minimum absolute atomic E-state index is 0.166. The molecule has 7 heterocycles. The van der Waals surface area contributed by atoms with E-state index >= 15 is 0 Å². The van der Waals surface area contributed by atoms with Gasteiger partial charge in [-0.2, -0.15) is 4.98 Å². The van der Waals surface area contributed by atoms with E-state index in [0.717, 1.165) is 107 Å². The standard InChI is InChI=1S/C43H51N11O4/c44-41-36(24-33(48-49-41)32-4-1-2-7-37(32)55)52-25-29-12-13-30(26-52)54(29)43-45-17-16-38(46-43)51-20-18-50(19-21-51)28-10-8-27(9-11-28)31-5-3-6-34-40(31)58-23-22-53(34)35-14-15-39(56)47-42(35)57/h1-7,16-17,24,27-30,35,55H,8-15,18-23,25-26H2,(H2,44,49)(H,47,56,57)/t27-,28+,29-,30+,35-/m0/s1. The number of carbonyl (C=O) groups is 2. The van der Waals surface area contributed by atoms with Crippen LogP contribution in [0.5, 0.6) is 11.5 Å². The average Bonchev–Trinajstić information content (AvgIpc) is 3.52. The van der Waals surface area contributed by atoms with E-state index in [-0.39, 0.29) is 35.7 Å². The number of amides is 2. The van der Waals surface area contributed by atoms with Crippen molar-refractivity contribution in [3.63, 3.8) is 0 Å². The Balaban J connectivity index is 0.753. The maximum Gasteiger partial charge on any atom is 0.249 e. The number of aromatic hydroxyl groups is 1. The number of hydrogen-bond donors (Lipinski definition) is 3. The number of phenolic OH excluding ortho intramolecular Hbond substituents is 1. The molecule has 0 unspecified atom stereocenters. The van der Waals surface area contributed by atoms with E-state index in [1.807, 2.05) is 24.4 Å². The molecule has 58 heavy (non-hydrogen) atoms. The molecule has 15 heteroatoms. The second-order valence-corrected chi connectivity index (χ2v) is 16.7. The van der Waals surface area contributed by atoms with Gasteiger partial charge in [0.05, 0.1) is 23.6 Å². The third-order valence-corrected chi connectivity index (χ3v) is 13.5. The van der Waals surface area contributed by atoms with Gasteiger partial charge >= 0.3 is 0 Å². The Labute approximate surface area is 338 Å². The van der Waals surface area contributed by atoms with E-state index in [4.69, 9.17) is 20.4 Å². The first-order valence-corrected chi connectivity index (χ1v) is 21.0. The second-order valence-electron chi connectivity index (χ2n) is 16.7. The number of hydrogen-bond acceptors (Lipinski definition) is 14. The quantitative estimate of drug-likeness (QED) is 0.231. The highest BCUT2D eigenvalue weighted by Gasteiger charge is 2.43. The first-order valence-electron chi connectivity index (χ1n) is 21.0. The number of phenols is 1. The highest BCUT2D eigenvalue weighted by atomic mass is 16.5. The van der Waals surface area contributed by atoms with Crippen molar-refractivity contribution in [2.75, 3.05) is 77.8 Å². The summed E-state index contributed by atoms with van der Waals surface area (Å²) in [5, 5.41) is 21.5. The van der Waals surface area contributed by atoms with Gasteiger partial charge < -0.3 is 35.2 Å². The van der Waals surface area contributed by atoms with Gasteiger partial charge in [0.25, 0.3) is 0 Å². The molecule has 0 spiro atoms. The lowest BCUT2D eigenvalue weighted by molar-refractivity contribution is -0.134. The SMILES string of the molecule is Nc1nnc(-c2ccccc2O)cc1N1C[C@H]2CC[C@@H](C1)N2c1nccc(N2CCN([C@H]3CC[C@@H](c4cccc5c4OCCN5[C@H]4CCC(=O)NC4=O)CC3)CC2)n1. The lowest BCUT2D eigenvalue weighted by Crippen LogP contribution is -2.55. The predicted molar refractivity (Wildman–Crippen MR) is 221 cm³/mol. The van der Waals surface area contributed by atoms with Crippen LogP contribution in [0.3, 0.4) is 0 Å². The van der Waals surface area contributed by atoms with Crippen molar-refractivity contribution in [3.05, 3.63) is 66.4 Å². The lowest BCUT2D eigenvalue weighted by Gasteiger charge is -2.44. The van der Waals surface area contributed by atoms with Gasteiger partial charge in [0.2, 0.25) is 17.8 Å². The van der Waals surface area contributed by atoms with Gasteiger partial charge in [0.15, 0.2) is 5.82 Å². The molecule has 5 aliphatic heterocycles. The Kier molecular flexibility index (Phi) is 9.62. The van der Waals surface area contributed by atoms with Gasteiger partial charge in [0, 0.05) is 75.6 Å². The number of nitrogens with two attached hydrogens (primary N) is 1. The Morgan fingerprint density at radius 1 is 0.793 bits per heavy atom. The number of ether oxygens (including phenoxy) is 1. The van der Waals surface area contributed by atoms with E-state index in [1.165, 1.54) is 5.56 Å². The van der Waals surface area contributed by atoms with Gasteiger partial charge in [-0.15, -0.1) is 10.2 Å². The van der Waals surface area contributed by atoms with E-state index in [1.54, 1.807) is 12.1 Å². The normalized spacial score (nSPS) is 26.3. The minimum Gasteiger partial charge on any atom is -0.507 e. The number of nitrogen functional groups attached to an aromatic ring is 1. The van der Waals surface area contributed by atoms with Crippen LogP contribution in [-0.4, -0.2) is 119 Å². The number of fused-ring (bicyclic) bond motifs is 3. The predicted octanol–water partition coefficient (Wildman–Crippen LogP) is 3.93. The Hall–Kier alpha value is -5.70. The van der Waals surface area contributed by atoms with E-state index in [9.17, 15) is 14.7 Å².